The maximum absolute atomic E-state index is 13.3. The molecule has 4 heterocycles. The van der Waals surface area contributed by atoms with E-state index in [-0.39, 0.29) is 26.8 Å². The maximum Gasteiger partial charge on any atom is 0.281 e. The summed E-state index contributed by atoms with van der Waals surface area (Å²) < 4.78 is 36.1. The lowest BCUT2D eigenvalue weighted by molar-refractivity contribution is 0.0670. The molecule has 2 aliphatic carbocycles. The summed E-state index contributed by atoms with van der Waals surface area (Å²) in [6, 6.07) is 9.51. The molecule has 1 unspecified atom stereocenters. The minimum atomic E-state index is -4.29. The van der Waals surface area contributed by atoms with E-state index in [4.69, 9.17) is 16.3 Å². The number of hydrogen-bond acceptors (Lipinski definition) is 9. The predicted molar refractivity (Wildman–Crippen MR) is 195 cm³/mol. The van der Waals surface area contributed by atoms with E-state index in [9.17, 15) is 13.2 Å². The van der Waals surface area contributed by atoms with Crippen LogP contribution in [0.25, 0.3) is 5.82 Å². The van der Waals surface area contributed by atoms with Crippen LogP contribution in [-0.4, -0.2) is 76.8 Å². The zero-order chi connectivity index (χ0) is 35.8. The standard InChI is InChI=1S/C37H52ClN7O4S/c1-36(2,3)45-24-25(23-37(45,4)5)9-8-20-43(6)30-10-7-11-33(39-30)50(47,48)42-35(46)29-16-17-31(40-34(29)38)44-21-18-32(41-44)49-22-19-28(26-12-13-26)27-14-15-27/h7,10-11,16-18,21,25-28H,8-9,12-15,19-20,22-24H2,1-6H3,(H,42,46). The van der Waals surface area contributed by atoms with Crippen LogP contribution in [0.15, 0.2) is 47.6 Å². The molecule has 6 rings (SSSR count). The quantitative estimate of drug-likeness (QED) is 0.170. The Morgan fingerprint density at radius 1 is 1.10 bits per heavy atom. The smallest absolute Gasteiger partial charge is 0.281 e. The number of hydrogen-bond donors (Lipinski definition) is 1. The highest BCUT2D eigenvalue weighted by molar-refractivity contribution is 7.90. The predicted octanol–water partition coefficient (Wildman–Crippen LogP) is 6.75. The molecule has 3 fully saturated rings. The van der Waals surface area contributed by atoms with E-state index in [2.05, 4.69) is 59.3 Å². The second-order valence-electron chi connectivity index (χ2n) is 16.1. The summed E-state index contributed by atoms with van der Waals surface area (Å²) in [5, 5.41) is 4.05. The van der Waals surface area contributed by atoms with Crippen LogP contribution in [0, 0.1) is 23.7 Å². The molecule has 11 nitrogen and oxygen atoms in total. The number of halogens is 1. The SMILES string of the molecule is CN(CCCC1CN(C(C)(C)C)C(C)(C)C1)c1cccc(S(=O)(=O)NC(=O)c2ccc(-n3ccc(OCCC(C4CC4)C4CC4)n3)nc2Cl)n1. The van der Waals surface area contributed by atoms with Gasteiger partial charge in [0.2, 0.25) is 5.88 Å². The van der Waals surface area contributed by atoms with Crippen molar-refractivity contribution in [3.63, 3.8) is 0 Å². The van der Waals surface area contributed by atoms with Crippen LogP contribution in [-0.2, 0) is 10.0 Å². The van der Waals surface area contributed by atoms with Crippen molar-refractivity contribution in [2.24, 2.45) is 23.7 Å². The highest BCUT2D eigenvalue weighted by atomic mass is 35.5. The van der Waals surface area contributed by atoms with E-state index in [1.165, 1.54) is 42.5 Å². The van der Waals surface area contributed by atoms with Crippen molar-refractivity contribution in [3.8, 4) is 11.7 Å². The van der Waals surface area contributed by atoms with Gasteiger partial charge in [-0.1, -0.05) is 17.7 Å². The highest BCUT2D eigenvalue weighted by Crippen LogP contribution is 2.50. The van der Waals surface area contributed by atoms with Crippen LogP contribution in [0.2, 0.25) is 5.15 Å². The first kappa shape index (κ1) is 36.6. The third-order valence-electron chi connectivity index (χ3n) is 10.5. The molecule has 0 bridgehead atoms. The number of ether oxygens (including phenoxy) is 1. The number of anilines is 1. The maximum atomic E-state index is 13.3. The van der Waals surface area contributed by atoms with Crippen molar-refractivity contribution in [2.75, 3.05) is 31.6 Å². The fraction of sp³-hybridized carbons (Fsp3) is 0.622. The number of carbonyl (C=O) groups excluding carboxylic acids is 1. The van der Waals surface area contributed by atoms with Gasteiger partial charge >= 0.3 is 0 Å². The van der Waals surface area contributed by atoms with Gasteiger partial charge in [-0.3, -0.25) is 9.69 Å². The molecular formula is C37H52ClN7O4S. The molecule has 0 radical (unpaired) electrons. The van der Waals surface area contributed by atoms with Crippen molar-refractivity contribution < 1.29 is 17.9 Å². The largest absolute Gasteiger partial charge is 0.477 e. The Morgan fingerprint density at radius 2 is 1.82 bits per heavy atom. The van der Waals surface area contributed by atoms with Gasteiger partial charge in [-0.15, -0.1) is 5.10 Å². The average Bonchev–Trinajstić information content (AvgIpc) is 3.98. The van der Waals surface area contributed by atoms with Crippen molar-refractivity contribution in [1.29, 1.82) is 0 Å². The zero-order valence-electron chi connectivity index (χ0n) is 30.2. The van der Waals surface area contributed by atoms with E-state index in [0.717, 1.165) is 56.5 Å². The van der Waals surface area contributed by atoms with Gasteiger partial charge in [0, 0.05) is 43.5 Å². The second-order valence-corrected chi connectivity index (χ2v) is 18.1. The summed E-state index contributed by atoms with van der Waals surface area (Å²) in [6.45, 7) is 13.9. The van der Waals surface area contributed by atoms with E-state index in [1.807, 2.05) is 11.9 Å². The summed E-state index contributed by atoms with van der Waals surface area (Å²) in [5.41, 5.74) is 0.208. The number of nitrogens with zero attached hydrogens (tertiary/aromatic N) is 6. The van der Waals surface area contributed by atoms with Crippen molar-refractivity contribution in [3.05, 3.63) is 53.3 Å². The van der Waals surface area contributed by atoms with Gasteiger partial charge in [0.15, 0.2) is 10.8 Å². The van der Waals surface area contributed by atoms with Crippen LogP contribution < -0.4 is 14.4 Å². The Labute approximate surface area is 302 Å². The third kappa shape index (κ3) is 8.80. The number of carbonyl (C=O) groups is 1. The molecule has 50 heavy (non-hydrogen) atoms. The first-order valence-electron chi connectivity index (χ1n) is 18.0. The van der Waals surface area contributed by atoms with Crippen molar-refractivity contribution in [2.45, 2.75) is 102 Å². The first-order chi connectivity index (χ1) is 23.6. The molecule has 3 aromatic rings. The number of sulfonamides is 1. The van der Waals surface area contributed by atoms with Crippen LogP contribution >= 0.6 is 11.6 Å². The van der Waals surface area contributed by atoms with Crippen LogP contribution in [0.5, 0.6) is 5.88 Å². The van der Waals surface area contributed by atoms with Gasteiger partial charge in [0.05, 0.1) is 12.2 Å². The number of likely N-dealkylation sites (tertiary alicyclic amines) is 1. The van der Waals surface area contributed by atoms with Crippen LogP contribution in [0.1, 0.15) is 96.3 Å². The van der Waals surface area contributed by atoms with Gasteiger partial charge in [-0.2, -0.15) is 8.42 Å². The molecule has 1 saturated heterocycles. The molecular weight excluding hydrogens is 674 g/mol. The zero-order valence-corrected chi connectivity index (χ0v) is 31.8. The summed E-state index contributed by atoms with van der Waals surface area (Å²) in [6.07, 6.45) is 11.3. The molecule has 1 amide bonds. The number of aromatic nitrogens is 4. The lowest BCUT2D eigenvalue weighted by atomic mass is 9.92. The van der Waals surface area contributed by atoms with Crippen molar-refractivity contribution >= 4 is 33.3 Å². The minimum absolute atomic E-state index is 0.0813. The van der Waals surface area contributed by atoms with Gasteiger partial charge in [-0.05, 0) is 134 Å². The number of nitrogens with one attached hydrogen (secondary N) is 1. The lowest BCUT2D eigenvalue weighted by Gasteiger charge is -2.42. The Kier molecular flexibility index (Phi) is 10.5. The van der Waals surface area contributed by atoms with Crippen LogP contribution in [0.4, 0.5) is 5.82 Å². The van der Waals surface area contributed by atoms with Crippen molar-refractivity contribution in [1.82, 2.24) is 29.4 Å². The fourth-order valence-electron chi connectivity index (χ4n) is 7.93. The number of rotatable bonds is 15. The van der Waals surface area contributed by atoms with E-state index < -0.39 is 15.9 Å². The van der Waals surface area contributed by atoms with E-state index in [1.54, 1.807) is 30.5 Å². The molecule has 1 aliphatic heterocycles. The summed E-state index contributed by atoms with van der Waals surface area (Å²) in [4.78, 5) is 26.3. The lowest BCUT2D eigenvalue weighted by Crippen LogP contribution is -2.50. The summed E-state index contributed by atoms with van der Waals surface area (Å²) in [7, 11) is -2.39. The molecule has 1 N–H and O–H groups in total. The summed E-state index contributed by atoms with van der Waals surface area (Å²) >= 11 is 6.39. The van der Waals surface area contributed by atoms with E-state index >= 15 is 0 Å². The van der Waals surface area contributed by atoms with Gasteiger partial charge < -0.3 is 9.64 Å². The molecule has 1 atom stereocenters. The van der Waals surface area contributed by atoms with E-state index in [0.29, 0.717) is 30.0 Å². The topological polar surface area (TPSA) is 123 Å². The molecule has 2 saturated carbocycles. The monoisotopic (exact) mass is 725 g/mol. The van der Waals surface area contributed by atoms with Gasteiger partial charge in [0.25, 0.3) is 15.9 Å². The average molecular weight is 726 g/mol. The van der Waals surface area contributed by atoms with Crippen LogP contribution in [0.3, 0.4) is 0 Å². The normalized spacial score (nSPS) is 19.6. The molecule has 3 aromatic heterocycles. The first-order valence-corrected chi connectivity index (χ1v) is 19.9. The Bertz CT molecular complexity index is 1770. The molecule has 13 heteroatoms. The molecule has 0 spiro atoms. The minimum Gasteiger partial charge on any atom is -0.477 e. The molecule has 0 aromatic carbocycles. The number of pyridine rings is 2. The van der Waals surface area contributed by atoms with Gasteiger partial charge in [-0.25, -0.2) is 19.4 Å². The summed E-state index contributed by atoms with van der Waals surface area (Å²) in [5.74, 6) is 3.61. The van der Waals surface area contributed by atoms with Gasteiger partial charge in [0.1, 0.15) is 11.0 Å². The molecule has 3 aliphatic rings. The highest BCUT2D eigenvalue weighted by Gasteiger charge is 2.43. The third-order valence-corrected chi connectivity index (χ3v) is 12.0. The number of amides is 1. The molecule has 272 valence electrons. The Balaban J connectivity index is 1.01. The Hall–Kier alpha value is -3.22. The Morgan fingerprint density at radius 3 is 2.46 bits per heavy atom. The fourth-order valence-corrected chi connectivity index (χ4v) is 9.09. The second kappa shape index (κ2) is 14.4.